The van der Waals surface area contributed by atoms with Crippen LogP contribution in [-0.4, -0.2) is 29.2 Å². The van der Waals surface area contributed by atoms with Crippen LogP contribution < -0.4 is 10.6 Å². The monoisotopic (exact) mass is 368 g/mol. The summed E-state index contributed by atoms with van der Waals surface area (Å²) in [5.74, 6) is 0.497. The highest BCUT2D eigenvalue weighted by atomic mass is 79.9. The van der Waals surface area contributed by atoms with E-state index in [0.717, 1.165) is 23.2 Å². The fraction of sp³-hybridized carbons (Fsp3) is 0.357. The number of rotatable bonds is 7. The number of nitrogens with zero attached hydrogens (tertiary/aromatic N) is 2. The van der Waals surface area contributed by atoms with Crippen LogP contribution in [0.1, 0.15) is 28.7 Å². The predicted octanol–water partition coefficient (Wildman–Crippen LogP) is 3.10. The van der Waals surface area contributed by atoms with Crippen molar-refractivity contribution in [2.75, 3.05) is 18.4 Å². The first kappa shape index (κ1) is 15.9. The second kappa shape index (κ2) is 8.09. The van der Waals surface area contributed by atoms with E-state index in [0.29, 0.717) is 18.1 Å². The lowest BCUT2D eigenvalue weighted by molar-refractivity contribution is 0.0948. The van der Waals surface area contributed by atoms with E-state index in [4.69, 9.17) is 0 Å². The molecular weight excluding hydrogens is 352 g/mol. The molecule has 5 nitrogen and oxygen atoms in total. The molecule has 0 bridgehead atoms. The van der Waals surface area contributed by atoms with Crippen LogP contribution >= 0.6 is 27.3 Å². The molecule has 0 saturated heterocycles. The van der Waals surface area contributed by atoms with Crippen LogP contribution in [0.5, 0.6) is 0 Å². The first-order valence-electron chi connectivity index (χ1n) is 6.79. The van der Waals surface area contributed by atoms with E-state index in [-0.39, 0.29) is 5.91 Å². The van der Waals surface area contributed by atoms with Crippen LogP contribution in [0.2, 0.25) is 0 Å². The van der Waals surface area contributed by atoms with E-state index in [9.17, 15) is 4.79 Å². The van der Waals surface area contributed by atoms with E-state index in [1.807, 2.05) is 6.07 Å². The van der Waals surface area contributed by atoms with Crippen molar-refractivity contribution in [2.45, 2.75) is 19.8 Å². The summed E-state index contributed by atoms with van der Waals surface area (Å²) >= 11 is 5.10. The van der Waals surface area contributed by atoms with Crippen molar-refractivity contribution >= 4 is 39.0 Å². The van der Waals surface area contributed by atoms with Crippen LogP contribution in [0.25, 0.3) is 0 Å². The van der Waals surface area contributed by atoms with Gasteiger partial charge in [-0.15, -0.1) is 21.5 Å². The molecule has 0 aliphatic heterocycles. The van der Waals surface area contributed by atoms with Gasteiger partial charge in [-0.2, -0.15) is 0 Å². The molecule has 112 valence electrons. The Labute approximate surface area is 136 Å². The zero-order valence-electron chi connectivity index (χ0n) is 11.7. The van der Waals surface area contributed by atoms with Crippen LogP contribution in [0.15, 0.2) is 28.1 Å². The summed E-state index contributed by atoms with van der Waals surface area (Å²) in [7, 11) is 0. The van der Waals surface area contributed by atoms with E-state index in [2.05, 4.69) is 49.8 Å². The van der Waals surface area contributed by atoms with E-state index in [1.165, 1.54) is 4.88 Å². The fourth-order valence-corrected chi connectivity index (χ4v) is 3.16. The van der Waals surface area contributed by atoms with Crippen molar-refractivity contribution < 1.29 is 4.79 Å². The summed E-state index contributed by atoms with van der Waals surface area (Å²) < 4.78 is 1.10. The van der Waals surface area contributed by atoms with Gasteiger partial charge in [-0.3, -0.25) is 4.79 Å². The molecule has 0 spiro atoms. The minimum Gasteiger partial charge on any atom is -0.369 e. The van der Waals surface area contributed by atoms with Gasteiger partial charge in [-0.1, -0.05) is 6.92 Å². The molecular formula is C14H17BrN4OS. The third-order valence-electron chi connectivity index (χ3n) is 2.74. The lowest BCUT2D eigenvalue weighted by Gasteiger charge is -2.05. The zero-order chi connectivity index (χ0) is 15.1. The minimum absolute atomic E-state index is 0.194. The molecule has 0 unspecified atom stereocenters. The van der Waals surface area contributed by atoms with Gasteiger partial charge in [-0.05, 0) is 53.0 Å². The topological polar surface area (TPSA) is 66.9 Å². The number of amides is 1. The molecule has 0 aliphatic carbocycles. The predicted molar refractivity (Wildman–Crippen MR) is 88.9 cm³/mol. The lowest BCUT2D eigenvalue weighted by Crippen LogP contribution is -2.26. The third-order valence-corrected chi connectivity index (χ3v) is 4.42. The Morgan fingerprint density at radius 2 is 2.10 bits per heavy atom. The molecule has 0 radical (unpaired) electrons. The molecule has 0 aliphatic rings. The highest BCUT2D eigenvalue weighted by Crippen LogP contribution is 2.22. The molecule has 1 amide bonds. The molecule has 2 rings (SSSR count). The van der Waals surface area contributed by atoms with Crippen molar-refractivity contribution in [1.29, 1.82) is 0 Å². The van der Waals surface area contributed by atoms with Gasteiger partial charge >= 0.3 is 0 Å². The summed E-state index contributed by atoms with van der Waals surface area (Å²) in [5.41, 5.74) is 0.337. The van der Waals surface area contributed by atoms with E-state index in [1.54, 1.807) is 23.5 Å². The van der Waals surface area contributed by atoms with Crippen molar-refractivity contribution in [3.63, 3.8) is 0 Å². The van der Waals surface area contributed by atoms with Crippen molar-refractivity contribution in [3.8, 4) is 0 Å². The Morgan fingerprint density at radius 3 is 2.71 bits per heavy atom. The molecule has 2 aromatic rings. The smallest absolute Gasteiger partial charge is 0.271 e. The molecule has 2 heterocycles. The summed E-state index contributed by atoms with van der Waals surface area (Å²) in [4.78, 5) is 13.2. The van der Waals surface area contributed by atoms with Crippen molar-refractivity contribution in [3.05, 3.63) is 38.6 Å². The maximum Gasteiger partial charge on any atom is 0.271 e. The summed E-state index contributed by atoms with van der Waals surface area (Å²) in [6.07, 6.45) is 1.83. The Morgan fingerprint density at radius 1 is 1.24 bits per heavy atom. The van der Waals surface area contributed by atoms with Gasteiger partial charge in [0.25, 0.3) is 5.91 Å². The normalized spacial score (nSPS) is 10.4. The van der Waals surface area contributed by atoms with Crippen LogP contribution in [-0.2, 0) is 6.42 Å². The van der Waals surface area contributed by atoms with Crippen LogP contribution in [0, 0.1) is 0 Å². The molecule has 2 aromatic heterocycles. The first-order valence-corrected chi connectivity index (χ1v) is 8.40. The maximum atomic E-state index is 11.9. The Kier molecular flexibility index (Phi) is 6.13. The van der Waals surface area contributed by atoms with Crippen LogP contribution in [0.4, 0.5) is 5.82 Å². The van der Waals surface area contributed by atoms with Gasteiger partial charge < -0.3 is 10.6 Å². The Bertz CT molecular complexity index is 585. The van der Waals surface area contributed by atoms with Gasteiger partial charge in [-0.25, -0.2) is 0 Å². The highest BCUT2D eigenvalue weighted by Gasteiger charge is 2.08. The van der Waals surface area contributed by atoms with Gasteiger partial charge in [0.2, 0.25) is 0 Å². The van der Waals surface area contributed by atoms with Gasteiger partial charge in [0, 0.05) is 18.0 Å². The molecule has 2 N–H and O–H groups in total. The Balaban J connectivity index is 1.79. The number of anilines is 1. The molecule has 7 heteroatoms. The van der Waals surface area contributed by atoms with Crippen molar-refractivity contribution in [1.82, 2.24) is 15.5 Å². The van der Waals surface area contributed by atoms with Crippen molar-refractivity contribution in [2.24, 2.45) is 0 Å². The zero-order valence-corrected chi connectivity index (χ0v) is 14.1. The average Bonchev–Trinajstić information content (AvgIpc) is 2.91. The van der Waals surface area contributed by atoms with Gasteiger partial charge in [0.1, 0.15) is 5.82 Å². The lowest BCUT2D eigenvalue weighted by atomic mass is 10.3. The number of carbonyl (C=O) groups is 1. The summed E-state index contributed by atoms with van der Waals surface area (Å²) in [6, 6.07) is 7.51. The highest BCUT2D eigenvalue weighted by molar-refractivity contribution is 9.11. The molecule has 0 aromatic carbocycles. The third kappa shape index (κ3) is 5.09. The quantitative estimate of drug-likeness (QED) is 0.787. The number of thiophene rings is 1. The van der Waals surface area contributed by atoms with Crippen LogP contribution in [0.3, 0.4) is 0 Å². The largest absolute Gasteiger partial charge is 0.369 e. The number of hydrogen-bond donors (Lipinski definition) is 2. The number of aromatic nitrogens is 2. The molecule has 0 atom stereocenters. The van der Waals surface area contributed by atoms with E-state index < -0.39 is 0 Å². The molecule has 0 saturated carbocycles. The second-order valence-electron chi connectivity index (χ2n) is 4.44. The number of carbonyl (C=O) groups excluding carboxylic acids is 1. The number of halogens is 1. The average molecular weight is 369 g/mol. The van der Waals surface area contributed by atoms with E-state index >= 15 is 0 Å². The Hall–Kier alpha value is -1.47. The minimum atomic E-state index is -0.194. The fourth-order valence-electron chi connectivity index (χ4n) is 1.68. The SMILES string of the molecule is CCCNc1ccc(C(=O)NCCc2ccc(Br)s2)nn1. The molecule has 21 heavy (non-hydrogen) atoms. The number of hydrogen-bond acceptors (Lipinski definition) is 5. The van der Waals surface area contributed by atoms with Gasteiger partial charge in [0.15, 0.2) is 5.69 Å². The van der Waals surface area contributed by atoms with Gasteiger partial charge in [0.05, 0.1) is 3.79 Å². The summed E-state index contributed by atoms with van der Waals surface area (Å²) in [6.45, 7) is 3.51. The maximum absolute atomic E-state index is 11.9. The summed E-state index contributed by atoms with van der Waals surface area (Å²) in [5, 5.41) is 13.9. The molecule has 0 fully saturated rings. The number of nitrogens with one attached hydrogen (secondary N) is 2. The first-order chi connectivity index (χ1) is 10.2. The standard InChI is InChI=1S/C14H17BrN4OS/c1-2-8-16-13-6-4-11(18-19-13)14(20)17-9-7-10-3-5-12(15)21-10/h3-6H,2,7-9H2,1H3,(H,16,19)(H,17,20). The second-order valence-corrected chi connectivity index (χ2v) is 6.99.